The van der Waals surface area contributed by atoms with Crippen LogP contribution < -0.4 is 19.6 Å². The highest BCUT2D eigenvalue weighted by Gasteiger charge is 2.12. The van der Waals surface area contributed by atoms with Crippen LogP contribution >= 0.6 is 11.3 Å². The van der Waals surface area contributed by atoms with E-state index in [0.29, 0.717) is 21.9 Å². The Morgan fingerprint density at radius 3 is 2.34 bits per heavy atom. The third kappa shape index (κ3) is 4.10. The molecule has 0 aliphatic heterocycles. The monoisotopic (exact) mass is 441 g/mol. The number of methoxy groups -OCH3 is 1. The molecule has 5 aromatic rings. The number of fused-ring (bicyclic) bond motifs is 1. The van der Waals surface area contributed by atoms with Gasteiger partial charge >= 0.3 is 0 Å². The van der Waals surface area contributed by atoms with Crippen LogP contribution in [0.25, 0.3) is 22.4 Å². The largest absolute Gasteiger partial charge is 0.497 e. The Kier molecular flexibility index (Phi) is 5.39. The zero-order valence-corrected chi connectivity index (χ0v) is 18.1. The number of nitrogens with zero attached hydrogens (tertiary/aromatic N) is 3. The maximum atomic E-state index is 12.8. The van der Waals surface area contributed by atoms with E-state index in [1.807, 2.05) is 84.9 Å². The van der Waals surface area contributed by atoms with Gasteiger partial charge in [-0.25, -0.2) is 0 Å². The fraction of sp³-hybridized carbons (Fsp3) is 0.0800. The van der Waals surface area contributed by atoms with Crippen molar-refractivity contribution in [1.82, 2.24) is 14.6 Å². The zero-order chi connectivity index (χ0) is 21.9. The van der Waals surface area contributed by atoms with Gasteiger partial charge in [0.2, 0.25) is 4.96 Å². The smallest absolute Gasteiger partial charge is 0.291 e. The molecule has 0 saturated carbocycles. The predicted molar refractivity (Wildman–Crippen MR) is 125 cm³/mol. The highest BCUT2D eigenvalue weighted by atomic mass is 32.1. The second-order valence-corrected chi connectivity index (χ2v) is 8.13. The minimum absolute atomic E-state index is 0.179. The van der Waals surface area contributed by atoms with Gasteiger partial charge in [0, 0.05) is 5.56 Å². The molecule has 0 saturated heterocycles. The van der Waals surface area contributed by atoms with Crippen LogP contribution in [0.5, 0.6) is 11.5 Å². The van der Waals surface area contributed by atoms with Crippen molar-refractivity contribution in [3.63, 3.8) is 0 Å². The van der Waals surface area contributed by atoms with Gasteiger partial charge in [0.05, 0.1) is 11.6 Å². The number of aromatic nitrogens is 3. The minimum atomic E-state index is -0.179. The van der Waals surface area contributed by atoms with E-state index in [2.05, 4.69) is 10.1 Å². The van der Waals surface area contributed by atoms with Crippen molar-refractivity contribution >= 4 is 22.4 Å². The molecule has 0 fully saturated rings. The number of ether oxygens (including phenoxy) is 2. The standard InChI is InChI=1S/C25H19N3O3S/c1-30-20-13-9-19(10-14-20)23-26-25-28(27-23)24(29)22(32-25)15-17-7-11-21(12-8-17)31-16-18-5-3-2-4-6-18/h2-15H,16H2,1H3/b22-15+. The van der Waals surface area contributed by atoms with E-state index in [9.17, 15) is 4.79 Å². The zero-order valence-electron chi connectivity index (χ0n) is 17.3. The molecule has 0 spiro atoms. The Hall–Kier alpha value is -3.97. The van der Waals surface area contributed by atoms with E-state index in [0.717, 1.165) is 28.2 Å². The highest BCUT2D eigenvalue weighted by molar-refractivity contribution is 7.15. The van der Waals surface area contributed by atoms with Crippen LogP contribution in [0.3, 0.4) is 0 Å². The van der Waals surface area contributed by atoms with Crippen LogP contribution in [0.15, 0.2) is 83.7 Å². The van der Waals surface area contributed by atoms with Crippen LogP contribution in [-0.4, -0.2) is 21.7 Å². The van der Waals surface area contributed by atoms with Crippen LogP contribution in [0, 0.1) is 0 Å². The van der Waals surface area contributed by atoms with Crippen molar-refractivity contribution in [2.75, 3.05) is 7.11 Å². The topological polar surface area (TPSA) is 65.7 Å². The van der Waals surface area contributed by atoms with E-state index in [-0.39, 0.29) is 5.56 Å². The molecule has 6 nitrogen and oxygen atoms in total. The molecular weight excluding hydrogens is 422 g/mol. The Balaban J connectivity index is 1.36. The molecule has 32 heavy (non-hydrogen) atoms. The molecule has 0 aliphatic carbocycles. The molecule has 0 aliphatic rings. The van der Waals surface area contributed by atoms with Gasteiger partial charge in [-0.1, -0.05) is 53.8 Å². The maximum Gasteiger partial charge on any atom is 0.291 e. The number of rotatable bonds is 6. The van der Waals surface area contributed by atoms with Crippen molar-refractivity contribution in [1.29, 1.82) is 0 Å². The normalized spacial score (nSPS) is 11.7. The van der Waals surface area contributed by atoms with Gasteiger partial charge in [-0.3, -0.25) is 4.79 Å². The van der Waals surface area contributed by atoms with E-state index in [1.54, 1.807) is 7.11 Å². The summed E-state index contributed by atoms with van der Waals surface area (Å²) >= 11 is 1.32. The Morgan fingerprint density at radius 1 is 0.938 bits per heavy atom. The highest BCUT2D eigenvalue weighted by Crippen LogP contribution is 2.20. The fourth-order valence-corrected chi connectivity index (χ4v) is 4.16. The van der Waals surface area contributed by atoms with E-state index in [1.165, 1.54) is 15.9 Å². The second kappa shape index (κ2) is 8.64. The number of hydrogen-bond acceptors (Lipinski definition) is 6. The molecular formula is C25H19N3O3S. The average molecular weight is 442 g/mol. The first-order chi connectivity index (χ1) is 15.7. The van der Waals surface area contributed by atoms with Crippen LogP contribution in [0.4, 0.5) is 0 Å². The first kappa shape index (κ1) is 20.0. The van der Waals surface area contributed by atoms with Crippen LogP contribution in [-0.2, 0) is 6.61 Å². The Labute approximate surface area is 188 Å². The lowest BCUT2D eigenvalue weighted by molar-refractivity contribution is 0.306. The summed E-state index contributed by atoms with van der Waals surface area (Å²) in [6, 6.07) is 25.1. The predicted octanol–water partition coefficient (Wildman–Crippen LogP) is 3.95. The molecule has 0 N–H and O–H groups in total. The quantitative estimate of drug-likeness (QED) is 0.399. The second-order valence-electron chi connectivity index (χ2n) is 7.12. The van der Waals surface area contributed by atoms with Gasteiger partial charge in [0.15, 0.2) is 5.82 Å². The molecule has 0 amide bonds. The summed E-state index contributed by atoms with van der Waals surface area (Å²) in [7, 11) is 1.62. The van der Waals surface area contributed by atoms with E-state index >= 15 is 0 Å². The van der Waals surface area contributed by atoms with Crippen molar-refractivity contribution in [3.05, 3.63) is 105 Å². The summed E-state index contributed by atoms with van der Waals surface area (Å²) in [5.74, 6) is 2.05. The molecule has 158 valence electrons. The minimum Gasteiger partial charge on any atom is -0.497 e. The molecule has 0 atom stereocenters. The number of hydrogen-bond donors (Lipinski definition) is 0. The number of thiazole rings is 1. The van der Waals surface area contributed by atoms with Gasteiger partial charge in [-0.2, -0.15) is 9.50 Å². The summed E-state index contributed by atoms with van der Waals surface area (Å²) in [5.41, 5.74) is 2.68. The number of benzene rings is 3. The van der Waals surface area contributed by atoms with Gasteiger partial charge in [0.25, 0.3) is 5.56 Å². The Bertz CT molecular complexity index is 1460. The van der Waals surface area contributed by atoms with Gasteiger partial charge in [-0.15, -0.1) is 5.10 Å². The molecule has 0 radical (unpaired) electrons. The summed E-state index contributed by atoms with van der Waals surface area (Å²) in [4.78, 5) is 17.9. The van der Waals surface area contributed by atoms with Crippen molar-refractivity contribution in [3.8, 4) is 22.9 Å². The summed E-state index contributed by atoms with van der Waals surface area (Å²) in [5, 5.41) is 4.39. The summed E-state index contributed by atoms with van der Waals surface area (Å²) < 4.78 is 12.9. The molecule has 0 unspecified atom stereocenters. The molecule has 0 bridgehead atoms. The fourth-order valence-electron chi connectivity index (χ4n) is 3.25. The van der Waals surface area contributed by atoms with Gasteiger partial charge < -0.3 is 9.47 Å². The summed E-state index contributed by atoms with van der Waals surface area (Å²) in [6.07, 6.45) is 1.84. The van der Waals surface area contributed by atoms with E-state index in [4.69, 9.17) is 9.47 Å². The van der Waals surface area contributed by atoms with Crippen molar-refractivity contribution in [2.45, 2.75) is 6.61 Å². The van der Waals surface area contributed by atoms with E-state index < -0.39 is 0 Å². The maximum absolute atomic E-state index is 12.8. The molecule has 2 aromatic heterocycles. The first-order valence-corrected chi connectivity index (χ1v) is 10.8. The van der Waals surface area contributed by atoms with Crippen molar-refractivity contribution < 1.29 is 9.47 Å². The van der Waals surface area contributed by atoms with Crippen LogP contribution in [0.2, 0.25) is 0 Å². The average Bonchev–Trinajstić information content (AvgIpc) is 3.38. The molecule has 5 rings (SSSR count). The SMILES string of the molecule is COc1ccc(-c2nc3s/c(=C/c4ccc(OCc5ccccc5)cc4)c(=O)n3n2)cc1. The Morgan fingerprint density at radius 2 is 1.66 bits per heavy atom. The lowest BCUT2D eigenvalue weighted by atomic mass is 10.2. The lowest BCUT2D eigenvalue weighted by Crippen LogP contribution is -2.23. The third-order valence-electron chi connectivity index (χ3n) is 4.96. The molecule has 2 heterocycles. The van der Waals surface area contributed by atoms with Crippen LogP contribution in [0.1, 0.15) is 11.1 Å². The first-order valence-electron chi connectivity index (χ1n) is 10.0. The molecule has 7 heteroatoms. The molecule has 3 aromatic carbocycles. The van der Waals surface area contributed by atoms with Gasteiger partial charge in [0.1, 0.15) is 18.1 Å². The lowest BCUT2D eigenvalue weighted by Gasteiger charge is -2.06. The van der Waals surface area contributed by atoms with Crippen molar-refractivity contribution in [2.24, 2.45) is 0 Å². The summed E-state index contributed by atoms with van der Waals surface area (Å²) in [6.45, 7) is 0.513. The van der Waals surface area contributed by atoms with Gasteiger partial charge in [-0.05, 0) is 53.6 Å². The third-order valence-corrected chi connectivity index (χ3v) is 5.92.